The topological polar surface area (TPSA) is 20.2 Å². The summed E-state index contributed by atoms with van der Waals surface area (Å²) in [5.74, 6) is 0.197. The van der Waals surface area contributed by atoms with Crippen molar-refractivity contribution in [3.8, 4) is 0 Å². The van der Waals surface area contributed by atoms with Crippen molar-refractivity contribution in [3.63, 3.8) is 0 Å². The van der Waals surface area contributed by atoms with Crippen LogP contribution in [0.2, 0.25) is 0 Å². The van der Waals surface area contributed by atoms with Crippen LogP contribution in [0.5, 0.6) is 0 Å². The third kappa shape index (κ3) is 4.37. The lowest BCUT2D eigenvalue weighted by Crippen LogP contribution is -1.96. The highest BCUT2D eigenvalue weighted by molar-refractivity contribution is 5.45. The van der Waals surface area contributed by atoms with Crippen molar-refractivity contribution in [1.29, 1.82) is 0 Å². The second-order valence-corrected chi connectivity index (χ2v) is 4.33. The first kappa shape index (κ1) is 14.0. The maximum atomic E-state index is 9.61. The molecule has 0 aliphatic heterocycles. The van der Waals surface area contributed by atoms with Crippen molar-refractivity contribution in [2.45, 2.75) is 53.9 Å². The molecule has 0 heterocycles. The lowest BCUT2D eigenvalue weighted by molar-refractivity contribution is 0.426. The average Bonchev–Trinajstić information content (AvgIpc) is 2.14. The van der Waals surface area contributed by atoms with E-state index in [4.69, 9.17) is 0 Å². The van der Waals surface area contributed by atoms with Crippen LogP contribution in [0, 0.1) is 0 Å². The summed E-state index contributed by atoms with van der Waals surface area (Å²) in [5.41, 5.74) is 4.57. The zero-order valence-corrected chi connectivity index (χ0v) is 10.8. The molecule has 0 fully saturated rings. The summed E-state index contributed by atoms with van der Waals surface area (Å²) in [7, 11) is 0. The van der Waals surface area contributed by atoms with E-state index in [-0.39, 0.29) is 5.76 Å². The van der Waals surface area contributed by atoms with Crippen LogP contribution in [-0.2, 0) is 0 Å². The Morgan fingerprint density at radius 3 is 2.00 bits per heavy atom. The lowest BCUT2D eigenvalue weighted by Gasteiger charge is -2.13. The Hall–Kier alpha value is -0.980. The van der Waals surface area contributed by atoms with Crippen LogP contribution in [0.1, 0.15) is 53.9 Å². The van der Waals surface area contributed by atoms with Crippen LogP contribution >= 0.6 is 0 Å². The molecule has 0 radical (unpaired) electrons. The van der Waals surface area contributed by atoms with Gasteiger partial charge in [0.05, 0.1) is 0 Å². The predicted molar refractivity (Wildman–Crippen MR) is 68.0 cm³/mol. The number of allylic oxidation sites excluding steroid dienone is 3. The lowest BCUT2D eigenvalue weighted by atomic mass is 9.94. The highest BCUT2D eigenvalue weighted by Gasteiger charge is 2.09. The first-order valence-corrected chi connectivity index (χ1v) is 5.64. The standard InChI is InChI=1S/C14H24O/c1-7-8-9-11(4)14(13(6)15)12(5)10(2)3/h15H,6-9H2,1-5H3/b14-11-. The van der Waals surface area contributed by atoms with Crippen LogP contribution in [0.4, 0.5) is 0 Å². The molecule has 0 saturated carbocycles. The van der Waals surface area contributed by atoms with Crippen molar-refractivity contribution in [3.05, 3.63) is 34.6 Å². The van der Waals surface area contributed by atoms with Gasteiger partial charge in [0.1, 0.15) is 5.76 Å². The van der Waals surface area contributed by atoms with Gasteiger partial charge in [-0.15, -0.1) is 0 Å². The molecule has 1 nitrogen and oxygen atoms in total. The van der Waals surface area contributed by atoms with Crippen molar-refractivity contribution < 1.29 is 5.11 Å². The van der Waals surface area contributed by atoms with Gasteiger partial charge in [-0.3, -0.25) is 0 Å². The number of rotatable bonds is 5. The number of hydrogen-bond donors (Lipinski definition) is 1. The fourth-order valence-corrected chi connectivity index (χ4v) is 1.60. The Balaban J connectivity index is 5.12. The van der Waals surface area contributed by atoms with Gasteiger partial charge in [0.25, 0.3) is 0 Å². The maximum absolute atomic E-state index is 9.61. The molecule has 0 aromatic carbocycles. The van der Waals surface area contributed by atoms with E-state index in [1.165, 1.54) is 24.0 Å². The number of aliphatic hydroxyl groups excluding tert-OH is 1. The molecule has 0 aliphatic carbocycles. The fourth-order valence-electron chi connectivity index (χ4n) is 1.60. The van der Waals surface area contributed by atoms with E-state index in [2.05, 4.69) is 34.3 Å². The van der Waals surface area contributed by atoms with E-state index < -0.39 is 0 Å². The first-order valence-electron chi connectivity index (χ1n) is 5.64. The highest BCUT2D eigenvalue weighted by atomic mass is 16.3. The van der Waals surface area contributed by atoms with E-state index >= 15 is 0 Å². The molecule has 0 aromatic rings. The van der Waals surface area contributed by atoms with E-state index in [0.29, 0.717) is 0 Å². The molecule has 1 heteroatoms. The molecule has 0 bridgehead atoms. The molecular formula is C14H24O. The molecule has 0 amide bonds. The monoisotopic (exact) mass is 208 g/mol. The molecule has 0 unspecified atom stereocenters. The van der Waals surface area contributed by atoms with Gasteiger partial charge < -0.3 is 5.11 Å². The second-order valence-electron chi connectivity index (χ2n) is 4.33. The molecule has 1 N–H and O–H groups in total. The van der Waals surface area contributed by atoms with Crippen LogP contribution in [0.25, 0.3) is 0 Å². The van der Waals surface area contributed by atoms with Crippen LogP contribution in [0.15, 0.2) is 34.6 Å². The van der Waals surface area contributed by atoms with Crippen LogP contribution in [-0.4, -0.2) is 5.11 Å². The normalized spacial score (nSPS) is 12.1. The van der Waals surface area contributed by atoms with E-state index in [0.717, 1.165) is 17.6 Å². The molecule has 0 atom stereocenters. The van der Waals surface area contributed by atoms with Gasteiger partial charge in [-0.1, -0.05) is 31.1 Å². The number of hydrogen-bond acceptors (Lipinski definition) is 1. The van der Waals surface area contributed by atoms with Gasteiger partial charge >= 0.3 is 0 Å². The summed E-state index contributed by atoms with van der Waals surface area (Å²) in [6.07, 6.45) is 3.38. The van der Waals surface area contributed by atoms with Crippen molar-refractivity contribution in [2.75, 3.05) is 0 Å². The largest absolute Gasteiger partial charge is 0.508 e. The van der Waals surface area contributed by atoms with E-state index in [9.17, 15) is 5.11 Å². The van der Waals surface area contributed by atoms with Gasteiger partial charge in [-0.05, 0) is 46.1 Å². The Morgan fingerprint density at radius 2 is 1.67 bits per heavy atom. The average molecular weight is 208 g/mol. The van der Waals surface area contributed by atoms with Gasteiger partial charge in [-0.2, -0.15) is 0 Å². The Bertz CT molecular complexity index is 288. The van der Waals surface area contributed by atoms with Crippen molar-refractivity contribution in [1.82, 2.24) is 0 Å². The molecule has 15 heavy (non-hydrogen) atoms. The minimum Gasteiger partial charge on any atom is -0.508 e. The summed E-state index contributed by atoms with van der Waals surface area (Å²) in [5, 5.41) is 9.61. The Kier molecular flexibility index (Phi) is 6.07. The van der Waals surface area contributed by atoms with E-state index in [1.54, 1.807) is 0 Å². The first-order chi connectivity index (χ1) is 6.91. The third-order valence-electron chi connectivity index (χ3n) is 2.75. The van der Waals surface area contributed by atoms with Gasteiger partial charge in [0, 0.05) is 5.57 Å². The minimum absolute atomic E-state index is 0.197. The Morgan fingerprint density at radius 1 is 1.13 bits per heavy atom. The summed E-state index contributed by atoms with van der Waals surface area (Å²) in [6, 6.07) is 0. The van der Waals surface area contributed by atoms with Crippen molar-refractivity contribution in [2.24, 2.45) is 0 Å². The van der Waals surface area contributed by atoms with Crippen molar-refractivity contribution >= 4 is 0 Å². The molecular weight excluding hydrogens is 184 g/mol. The maximum Gasteiger partial charge on any atom is 0.115 e. The molecule has 86 valence electrons. The highest BCUT2D eigenvalue weighted by Crippen LogP contribution is 2.25. The van der Waals surface area contributed by atoms with Gasteiger partial charge in [0.15, 0.2) is 0 Å². The van der Waals surface area contributed by atoms with E-state index in [1.807, 2.05) is 6.92 Å². The van der Waals surface area contributed by atoms with Gasteiger partial charge in [-0.25, -0.2) is 0 Å². The summed E-state index contributed by atoms with van der Waals surface area (Å²) < 4.78 is 0. The predicted octanol–water partition coefficient (Wildman–Crippen LogP) is 4.92. The zero-order valence-electron chi connectivity index (χ0n) is 10.8. The van der Waals surface area contributed by atoms with Gasteiger partial charge in [0.2, 0.25) is 0 Å². The molecule has 0 rings (SSSR count). The summed E-state index contributed by atoms with van der Waals surface area (Å²) in [6.45, 7) is 14.1. The molecule has 0 aromatic heterocycles. The Labute approximate surface area is 94.2 Å². The molecule has 0 aliphatic rings. The quantitative estimate of drug-likeness (QED) is 0.502. The SMILES string of the molecule is C=C(O)/C(C(C)=C(C)C)=C(/C)CCCC. The molecule has 0 spiro atoms. The third-order valence-corrected chi connectivity index (χ3v) is 2.75. The second kappa shape index (κ2) is 6.49. The fraction of sp³-hybridized carbons (Fsp3) is 0.571. The number of unbranched alkanes of at least 4 members (excludes halogenated alkanes) is 1. The summed E-state index contributed by atoms with van der Waals surface area (Å²) in [4.78, 5) is 0. The molecule has 0 saturated heterocycles. The summed E-state index contributed by atoms with van der Waals surface area (Å²) >= 11 is 0. The number of aliphatic hydroxyl groups is 1. The smallest absolute Gasteiger partial charge is 0.115 e. The van der Waals surface area contributed by atoms with Crippen LogP contribution in [0.3, 0.4) is 0 Å². The minimum atomic E-state index is 0.197. The van der Waals surface area contributed by atoms with Crippen LogP contribution < -0.4 is 0 Å². The zero-order chi connectivity index (χ0) is 12.0.